The molecule has 0 saturated carbocycles. The molecule has 0 spiro atoms. The number of imide groups is 1. The molecule has 0 aromatic heterocycles. The first-order valence-electron chi connectivity index (χ1n) is 8.68. The molecule has 3 amide bonds. The van der Waals surface area contributed by atoms with Crippen molar-refractivity contribution in [1.82, 2.24) is 10.2 Å². The van der Waals surface area contributed by atoms with Crippen LogP contribution in [0, 0.1) is 17.8 Å². The lowest BCUT2D eigenvalue weighted by atomic mass is 9.85. The highest BCUT2D eigenvalue weighted by Gasteiger charge is 2.51. The van der Waals surface area contributed by atoms with Crippen LogP contribution in [0.15, 0.2) is 0 Å². The topological polar surface area (TPSA) is 92.8 Å². The minimum Gasteiger partial charge on any atom is -0.444 e. The lowest BCUT2D eigenvalue weighted by Crippen LogP contribution is -2.50. The largest absolute Gasteiger partial charge is 0.444 e. The van der Waals surface area contributed by atoms with Gasteiger partial charge in [-0.25, -0.2) is 4.79 Å². The van der Waals surface area contributed by atoms with Gasteiger partial charge in [-0.05, 0) is 40.5 Å². The number of likely N-dealkylation sites (tertiary alicyclic amines) is 1. The first kappa shape index (κ1) is 21.1. The van der Waals surface area contributed by atoms with Gasteiger partial charge in [-0.2, -0.15) is 0 Å². The second-order valence-corrected chi connectivity index (χ2v) is 8.18. The number of rotatable bonds is 5. The maximum Gasteiger partial charge on any atom is 0.408 e. The SMILES string of the molecule is CC(C)[C@H](NC(=O)OC(C)(C)C)C(=O)[C@@H]1C(=O)N(C(C)C)C(=O)[C@H]1C. The maximum absolute atomic E-state index is 13.0. The summed E-state index contributed by atoms with van der Waals surface area (Å²) in [5.74, 6) is -3.34. The van der Waals surface area contributed by atoms with Crippen molar-refractivity contribution in [2.45, 2.75) is 73.1 Å². The Kier molecular flexibility index (Phi) is 6.37. The summed E-state index contributed by atoms with van der Waals surface area (Å²) in [4.78, 5) is 51.0. The van der Waals surface area contributed by atoms with E-state index in [1.807, 2.05) is 0 Å². The summed E-state index contributed by atoms with van der Waals surface area (Å²) in [7, 11) is 0. The summed E-state index contributed by atoms with van der Waals surface area (Å²) < 4.78 is 5.20. The van der Waals surface area contributed by atoms with E-state index in [9.17, 15) is 19.2 Å². The Labute approximate surface area is 149 Å². The number of alkyl carbamates (subject to hydrolysis) is 1. The zero-order valence-corrected chi connectivity index (χ0v) is 16.4. The molecule has 0 unspecified atom stereocenters. The number of nitrogens with zero attached hydrogens (tertiary/aromatic N) is 1. The Morgan fingerprint density at radius 3 is 1.96 bits per heavy atom. The molecule has 1 N–H and O–H groups in total. The number of nitrogens with one attached hydrogen (secondary N) is 1. The van der Waals surface area contributed by atoms with Crippen LogP contribution in [0.1, 0.15) is 55.4 Å². The summed E-state index contributed by atoms with van der Waals surface area (Å²) in [6.07, 6.45) is -0.718. The lowest BCUT2D eigenvalue weighted by molar-refractivity contribution is -0.142. The van der Waals surface area contributed by atoms with Gasteiger partial charge >= 0.3 is 6.09 Å². The number of amides is 3. The average molecular weight is 354 g/mol. The van der Waals surface area contributed by atoms with E-state index in [0.29, 0.717) is 0 Å². The molecular formula is C18H30N2O5. The third-order valence-corrected chi connectivity index (χ3v) is 4.10. The van der Waals surface area contributed by atoms with Gasteiger partial charge in [0.05, 0.1) is 12.0 Å². The number of hydrogen-bond acceptors (Lipinski definition) is 5. The van der Waals surface area contributed by atoms with Crippen LogP contribution in [0.4, 0.5) is 4.79 Å². The molecule has 1 aliphatic rings. The standard InChI is InChI=1S/C18H30N2O5/c1-9(2)13(19-17(24)25-18(6,7)8)14(21)12-11(5)15(22)20(10(3)4)16(12)23/h9-13H,1-8H3,(H,19,24)/t11-,12+,13-/m0/s1. The fourth-order valence-electron chi connectivity index (χ4n) is 2.91. The van der Waals surface area contributed by atoms with Crippen LogP contribution in [0.2, 0.25) is 0 Å². The first-order chi connectivity index (χ1) is 11.3. The summed E-state index contributed by atoms with van der Waals surface area (Å²) in [6, 6.07) is -1.21. The lowest BCUT2D eigenvalue weighted by Gasteiger charge is -2.27. The quantitative estimate of drug-likeness (QED) is 0.603. The van der Waals surface area contributed by atoms with Crippen LogP contribution in [0.3, 0.4) is 0 Å². The zero-order valence-electron chi connectivity index (χ0n) is 16.4. The molecule has 1 heterocycles. The minimum atomic E-state index is -1.07. The predicted octanol–water partition coefficient (Wildman–Crippen LogP) is 2.13. The fraction of sp³-hybridized carbons (Fsp3) is 0.778. The number of hydrogen-bond donors (Lipinski definition) is 1. The van der Waals surface area contributed by atoms with Crippen molar-refractivity contribution in [2.75, 3.05) is 0 Å². The Hall–Kier alpha value is -1.92. The van der Waals surface area contributed by atoms with Crippen LogP contribution >= 0.6 is 0 Å². The number of carbonyl (C=O) groups excluding carboxylic acids is 4. The van der Waals surface area contributed by atoms with Gasteiger partial charge in [-0.15, -0.1) is 0 Å². The van der Waals surface area contributed by atoms with Gasteiger partial charge in [0, 0.05) is 6.04 Å². The van der Waals surface area contributed by atoms with Gasteiger partial charge in [-0.3, -0.25) is 19.3 Å². The highest BCUT2D eigenvalue weighted by molar-refractivity contribution is 6.16. The summed E-state index contributed by atoms with van der Waals surface area (Å²) in [5.41, 5.74) is -0.699. The molecule has 0 bridgehead atoms. The van der Waals surface area contributed by atoms with E-state index in [1.54, 1.807) is 55.4 Å². The zero-order chi connectivity index (χ0) is 19.7. The summed E-state index contributed by atoms with van der Waals surface area (Å²) >= 11 is 0. The van der Waals surface area contributed by atoms with Gasteiger partial charge in [0.15, 0.2) is 5.78 Å². The Bertz CT molecular complexity index is 562. The third kappa shape index (κ3) is 4.80. The average Bonchev–Trinajstić information content (AvgIpc) is 2.63. The van der Waals surface area contributed by atoms with E-state index >= 15 is 0 Å². The van der Waals surface area contributed by atoms with E-state index < -0.39 is 41.3 Å². The molecule has 3 atom stereocenters. The highest BCUT2D eigenvalue weighted by atomic mass is 16.6. The molecule has 1 aliphatic heterocycles. The third-order valence-electron chi connectivity index (χ3n) is 4.10. The van der Waals surface area contributed by atoms with E-state index in [0.717, 1.165) is 4.90 Å². The molecule has 0 radical (unpaired) electrons. The number of Topliss-reactive ketones (excluding diaryl/α,β-unsaturated/α-hetero) is 1. The molecule has 1 rings (SSSR count). The van der Waals surface area contributed by atoms with Crippen LogP contribution in [0.25, 0.3) is 0 Å². The normalized spacial score (nSPS) is 22.6. The second-order valence-electron chi connectivity index (χ2n) is 8.18. The number of ketones is 1. The Morgan fingerprint density at radius 1 is 1.08 bits per heavy atom. The van der Waals surface area contributed by atoms with Gasteiger partial charge in [0.1, 0.15) is 11.5 Å². The van der Waals surface area contributed by atoms with E-state index in [-0.39, 0.29) is 17.9 Å². The smallest absolute Gasteiger partial charge is 0.408 e. The molecule has 25 heavy (non-hydrogen) atoms. The minimum absolute atomic E-state index is 0.247. The molecule has 1 saturated heterocycles. The van der Waals surface area contributed by atoms with E-state index in [1.165, 1.54) is 0 Å². The van der Waals surface area contributed by atoms with Crippen molar-refractivity contribution in [1.29, 1.82) is 0 Å². The molecule has 0 aromatic rings. The van der Waals surface area contributed by atoms with Crippen molar-refractivity contribution >= 4 is 23.7 Å². The van der Waals surface area contributed by atoms with Crippen molar-refractivity contribution in [3.63, 3.8) is 0 Å². The van der Waals surface area contributed by atoms with Crippen molar-refractivity contribution in [3.8, 4) is 0 Å². The number of ether oxygens (including phenoxy) is 1. The van der Waals surface area contributed by atoms with Crippen LogP contribution in [0.5, 0.6) is 0 Å². The molecule has 0 aliphatic carbocycles. The van der Waals surface area contributed by atoms with Gasteiger partial charge in [0.25, 0.3) is 0 Å². The monoisotopic (exact) mass is 354 g/mol. The van der Waals surface area contributed by atoms with Crippen LogP contribution < -0.4 is 5.32 Å². The van der Waals surface area contributed by atoms with Gasteiger partial charge in [-0.1, -0.05) is 20.8 Å². The predicted molar refractivity (Wildman–Crippen MR) is 92.6 cm³/mol. The van der Waals surface area contributed by atoms with Crippen LogP contribution in [-0.4, -0.2) is 46.3 Å². The molecule has 1 fully saturated rings. The van der Waals surface area contributed by atoms with Crippen LogP contribution in [-0.2, 0) is 19.1 Å². The van der Waals surface area contributed by atoms with Crippen molar-refractivity contribution in [2.24, 2.45) is 17.8 Å². The highest BCUT2D eigenvalue weighted by Crippen LogP contribution is 2.30. The summed E-state index contributed by atoms with van der Waals surface area (Å²) in [5, 5.41) is 2.56. The van der Waals surface area contributed by atoms with Crippen molar-refractivity contribution in [3.05, 3.63) is 0 Å². The van der Waals surface area contributed by atoms with E-state index in [2.05, 4.69) is 5.32 Å². The van der Waals surface area contributed by atoms with Gasteiger partial charge < -0.3 is 10.1 Å². The molecule has 7 heteroatoms. The molecule has 7 nitrogen and oxygen atoms in total. The Morgan fingerprint density at radius 2 is 1.60 bits per heavy atom. The number of carbonyl (C=O) groups is 4. The van der Waals surface area contributed by atoms with E-state index in [4.69, 9.17) is 4.74 Å². The summed E-state index contributed by atoms with van der Waals surface area (Å²) in [6.45, 7) is 13.7. The first-order valence-corrected chi connectivity index (χ1v) is 8.68. The maximum atomic E-state index is 13.0. The van der Waals surface area contributed by atoms with Gasteiger partial charge in [0.2, 0.25) is 11.8 Å². The van der Waals surface area contributed by atoms with Crippen molar-refractivity contribution < 1.29 is 23.9 Å². The molecular weight excluding hydrogens is 324 g/mol. The second kappa shape index (κ2) is 7.54. The molecule has 142 valence electrons. The fourth-order valence-corrected chi connectivity index (χ4v) is 2.91. The molecule has 0 aromatic carbocycles. The Balaban J connectivity index is 3.02.